The molecule has 0 unspecified atom stereocenters. The number of rotatable bonds is 7. The standard InChI is InChI=1S/C27H26N2O6/c1-16(26(31)32)29(2)25(30)22-13-12-17(14-24(22)34-3)28-27(33)35-15-23-20-10-6-4-8-18(20)19-9-5-7-11-21(19)23/h4-14,16,23H,15H2,1-3H3,(H,28,33)(H,31,32)/t16-/m0/s1. The van der Waals surface area contributed by atoms with Gasteiger partial charge >= 0.3 is 12.1 Å². The molecule has 0 heterocycles. The van der Waals surface area contributed by atoms with Gasteiger partial charge in [0.05, 0.1) is 12.7 Å². The second kappa shape index (κ2) is 9.89. The van der Waals surface area contributed by atoms with Gasteiger partial charge in [-0.25, -0.2) is 9.59 Å². The number of carboxylic acids is 1. The van der Waals surface area contributed by atoms with Crippen molar-refractivity contribution >= 4 is 23.7 Å². The summed E-state index contributed by atoms with van der Waals surface area (Å²) >= 11 is 0. The topological polar surface area (TPSA) is 105 Å². The zero-order valence-corrected chi connectivity index (χ0v) is 19.6. The van der Waals surface area contributed by atoms with E-state index in [0.29, 0.717) is 5.69 Å². The number of fused-ring (bicyclic) bond motifs is 3. The summed E-state index contributed by atoms with van der Waals surface area (Å²) in [6, 6.07) is 19.7. The summed E-state index contributed by atoms with van der Waals surface area (Å²) in [4.78, 5) is 37.6. The van der Waals surface area contributed by atoms with E-state index in [0.717, 1.165) is 27.2 Å². The van der Waals surface area contributed by atoms with Crippen molar-refractivity contribution in [3.8, 4) is 16.9 Å². The first-order valence-electron chi connectivity index (χ1n) is 11.1. The van der Waals surface area contributed by atoms with Crippen LogP contribution in [0.2, 0.25) is 0 Å². The van der Waals surface area contributed by atoms with E-state index in [1.807, 2.05) is 36.4 Å². The van der Waals surface area contributed by atoms with Gasteiger partial charge in [-0.2, -0.15) is 0 Å². The fourth-order valence-electron chi connectivity index (χ4n) is 4.23. The van der Waals surface area contributed by atoms with E-state index in [-0.39, 0.29) is 23.8 Å². The van der Waals surface area contributed by atoms with Gasteiger partial charge in [-0.3, -0.25) is 10.1 Å². The lowest BCUT2D eigenvalue weighted by Gasteiger charge is -2.22. The number of hydrogen-bond acceptors (Lipinski definition) is 5. The molecule has 180 valence electrons. The van der Waals surface area contributed by atoms with Gasteiger partial charge in [-0.1, -0.05) is 48.5 Å². The highest BCUT2D eigenvalue weighted by atomic mass is 16.5. The first-order valence-corrected chi connectivity index (χ1v) is 11.1. The van der Waals surface area contributed by atoms with Crippen molar-refractivity contribution in [3.63, 3.8) is 0 Å². The summed E-state index contributed by atoms with van der Waals surface area (Å²) in [5.74, 6) is -1.48. The monoisotopic (exact) mass is 474 g/mol. The summed E-state index contributed by atoms with van der Waals surface area (Å²) in [7, 11) is 2.80. The molecule has 1 aliphatic rings. The normalized spacial score (nSPS) is 12.8. The molecule has 1 atom stereocenters. The maximum Gasteiger partial charge on any atom is 0.411 e. The molecule has 0 bridgehead atoms. The van der Waals surface area contributed by atoms with E-state index in [4.69, 9.17) is 14.6 Å². The van der Waals surface area contributed by atoms with Gasteiger partial charge in [0, 0.05) is 24.7 Å². The molecule has 3 aromatic carbocycles. The number of benzene rings is 3. The van der Waals surface area contributed by atoms with Crippen molar-refractivity contribution in [2.45, 2.75) is 18.9 Å². The Morgan fingerprint density at radius 3 is 2.17 bits per heavy atom. The van der Waals surface area contributed by atoms with Crippen molar-refractivity contribution in [3.05, 3.63) is 83.4 Å². The molecule has 8 nitrogen and oxygen atoms in total. The number of hydrogen-bond donors (Lipinski definition) is 2. The second-order valence-corrected chi connectivity index (χ2v) is 8.30. The van der Waals surface area contributed by atoms with Gasteiger partial charge < -0.3 is 19.5 Å². The number of nitrogens with zero attached hydrogens (tertiary/aromatic N) is 1. The van der Waals surface area contributed by atoms with Crippen LogP contribution in [0.25, 0.3) is 11.1 Å². The summed E-state index contributed by atoms with van der Waals surface area (Å²) < 4.78 is 10.9. The quantitative estimate of drug-likeness (QED) is 0.519. The summed E-state index contributed by atoms with van der Waals surface area (Å²) in [5, 5.41) is 11.8. The third-order valence-corrected chi connectivity index (χ3v) is 6.28. The molecular formula is C27H26N2O6. The molecule has 0 fully saturated rings. The highest BCUT2D eigenvalue weighted by Crippen LogP contribution is 2.44. The molecule has 0 spiro atoms. The van der Waals surface area contributed by atoms with Gasteiger partial charge in [0.1, 0.15) is 18.4 Å². The van der Waals surface area contributed by atoms with Crippen LogP contribution in [0.5, 0.6) is 5.75 Å². The molecule has 0 aromatic heterocycles. The summed E-state index contributed by atoms with van der Waals surface area (Å²) in [5.41, 5.74) is 5.08. The van der Waals surface area contributed by atoms with Gasteiger partial charge in [-0.05, 0) is 41.3 Å². The minimum absolute atomic E-state index is 0.0607. The van der Waals surface area contributed by atoms with Crippen molar-refractivity contribution in [1.82, 2.24) is 4.90 Å². The number of carbonyl (C=O) groups excluding carboxylic acids is 2. The SMILES string of the molecule is COc1cc(NC(=O)OCC2c3ccccc3-c3ccccc32)ccc1C(=O)N(C)[C@@H](C)C(=O)O. The van der Waals surface area contributed by atoms with Gasteiger partial charge in [0.15, 0.2) is 0 Å². The maximum atomic E-state index is 12.7. The van der Waals surface area contributed by atoms with Crippen molar-refractivity contribution in [2.24, 2.45) is 0 Å². The van der Waals surface area contributed by atoms with Crippen LogP contribution < -0.4 is 10.1 Å². The molecule has 0 aliphatic heterocycles. The average molecular weight is 475 g/mol. The summed E-state index contributed by atoms with van der Waals surface area (Å²) in [6.07, 6.45) is -0.635. The average Bonchev–Trinajstić information content (AvgIpc) is 3.19. The van der Waals surface area contributed by atoms with Crippen molar-refractivity contribution < 1.29 is 29.0 Å². The van der Waals surface area contributed by atoms with Crippen LogP contribution in [-0.4, -0.2) is 54.8 Å². The van der Waals surface area contributed by atoms with E-state index < -0.39 is 24.0 Å². The smallest absolute Gasteiger partial charge is 0.411 e. The van der Waals surface area contributed by atoms with E-state index in [1.165, 1.54) is 39.3 Å². The zero-order valence-electron chi connectivity index (χ0n) is 19.6. The summed E-state index contributed by atoms with van der Waals surface area (Å²) in [6.45, 7) is 1.59. The second-order valence-electron chi connectivity index (χ2n) is 8.30. The zero-order chi connectivity index (χ0) is 25.1. The minimum atomic E-state index is -1.12. The Labute approximate surface area is 203 Å². The largest absolute Gasteiger partial charge is 0.496 e. The molecule has 0 radical (unpaired) electrons. The molecular weight excluding hydrogens is 448 g/mol. The number of methoxy groups -OCH3 is 1. The van der Waals surface area contributed by atoms with Crippen LogP contribution in [-0.2, 0) is 9.53 Å². The maximum absolute atomic E-state index is 12.7. The Morgan fingerprint density at radius 2 is 1.60 bits per heavy atom. The predicted molar refractivity (Wildman–Crippen MR) is 131 cm³/mol. The molecule has 3 aromatic rings. The minimum Gasteiger partial charge on any atom is -0.496 e. The Balaban J connectivity index is 1.45. The molecule has 2 N–H and O–H groups in total. The fraction of sp³-hybridized carbons (Fsp3) is 0.222. The first kappa shape index (κ1) is 23.8. The number of ether oxygens (including phenoxy) is 2. The van der Waals surface area contributed by atoms with Crippen LogP contribution in [0, 0.1) is 0 Å². The van der Waals surface area contributed by atoms with Crippen LogP contribution in [0.3, 0.4) is 0 Å². The molecule has 35 heavy (non-hydrogen) atoms. The molecule has 0 saturated carbocycles. The Kier molecular flexibility index (Phi) is 6.73. The number of anilines is 1. The van der Waals surface area contributed by atoms with E-state index in [9.17, 15) is 14.4 Å². The molecule has 0 saturated heterocycles. The molecule has 1 aliphatic carbocycles. The number of aliphatic carboxylic acids is 1. The Bertz CT molecular complexity index is 1240. The first-order chi connectivity index (χ1) is 16.8. The van der Waals surface area contributed by atoms with Crippen molar-refractivity contribution in [1.29, 1.82) is 0 Å². The number of nitrogens with one attached hydrogen (secondary N) is 1. The fourth-order valence-corrected chi connectivity index (χ4v) is 4.23. The van der Waals surface area contributed by atoms with Crippen molar-refractivity contribution in [2.75, 3.05) is 26.1 Å². The molecule has 4 rings (SSSR count). The number of carbonyl (C=O) groups is 3. The Morgan fingerprint density at radius 1 is 1.00 bits per heavy atom. The number of likely N-dealkylation sites (N-methyl/N-ethyl adjacent to an activating group) is 1. The highest BCUT2D eigenvalue weighted by Gasteiger charge is 2.29. The molecule has 2 amide bonds. The lowest BCUT2D eigenvalue weighted by Crippen LogP contribution is -2.40. The highest BCUT2D eigenvalue weighted by molar-refractivity contribution is 5.99. The van der Waals surface area contributed by atoms with E-state index in [1.54, 1.807) is 0 Å². The van der Waals surface area contributed by atoms with Crippen LogP contribution in [0.4, 0.5) is 10.5 Å². The van der Waals surface area contributed by atoms with Crippen LogP contribution >= 0.6 is 0 Å². The lowest BCUT2D eigenvalue weighted by molar-refractivity contribution is -0.141. The van der Waals surface area contributed by atoms with Crippen LogP contribution in [0.15, 0.2) is 66.7 Å². The van der Waals surface area contributed by atoms with Gasteiger partial charge in [-0.15, -0.1) is 0 Å². The van der Waals surface area contributed by atoms with E-state index in [2.05, 4.69) is 17.4 Å². The van der Waals surface area contributed by atoms with E-state index >= 15 is 0 Å². The van der Waals surface area contributed by atoms with Crippen LogP contribution in [0.1, 0.15) is 34.3 Å². The Hall–Kier alpha value is -4.33. The third-order valence-electron chi connectivity index (χ3n) is 6.28. The molecule has 8 heteroatoms. The third kappa shape index (κ3) is 4.68. The number of amides is 2. The number of carboxylic acid groups (broad SMARTS) is 1. The predicted octanol–water partition coefficient (Wildman–Crippen LogP) is 4.60. The lowest BCUT2D eigenvalue weighted by atomic mass is 9.98. The van der Waals surface area contributed by atoms with Gasteiger partial charge in [0.25, 0.3) is 5.91 Å². The van der Waals surface area contributed by atoms with Gasteiger partial charge in [0.2, 0.25) is 0 Å².